The average molecular weight is 826 g/mol. The van der Waals surface area contributed by atoms with E-state index in [4.69, 9.17) is 0 Å². The molecule has 0 unspecified atom stereocenters. The van der Waals surface area contributed by atoms with Crippen molar-refractivity contribution in [3.05, 3.63) is 272 Å². The van der Waals surface area contributed by atoms with Crippen molar-refractivity contribution >= 4 is 57.6 Å². The van der Waals surface area contributed by atoms with Gasteiger partial charge in [0.2, 0.25) is 0 Å². The molecular formula is C59H47NSi2. The van der Waals surface area contributed by atoms with Crippen molar-refractivity contribution in [2.75, 3.05) is 0 Å². The van der Waals surface area contributed by atoms with Crippen LogP contribution in [0.5, 0.6) is 0 Å². The smallest absolute Gasteiger partial charge is 0.182 e. The largest absolute Gasteiger partial charge is 0.309 e. The van der Waals surface area contributed by atoms with E-state index in [1.54, 1.807) is 0 Å². The van der Waals surface area contributed by atoms with E-state index in [1.807, 2.05) is 0 Å². The maximum absolute atomic E-state index is 3.04. The van der Waals surface area contributed by atoms with Crippen LogP contribution in [0.25, 0.3) is 28.2 Å². The first kappa shape index (κ1) is 38.9. The van der Waals surface area contributed by atoms with Crippen molar-refractivity contribution in [3.63, 3.8) is 0 Å². The van der Waals surface area contributed by atoms with Gasteiger partial charge in [0, 0.05) is 5.69 Å². The summed E-state index contributed by atoms with van der Waals surface area (Å²) >= 11 is 0. The van der Waals surface area contributed by atoms with Gasteiger partial charge in [-0.1, -0.05) is 255 Å². The van der Waals surface area contributed by atoms with Crippen LogP contribution >= 0.6 is 0 Å². The molecule has 0 atom stereocenters. The summed E-state index contributed by atoms with van der Waals surface area (Å²) in [5, 5.41) is 10.9. The fourth-order valence-corrected chi connectivity index (χ4v) is 20.1. The molecule has 0 aliphatic rings. The van der Waals surface area contributed by atoms with Gasteiger partial charge in [0.1, 0.15) is 0 Å². The van der Waals surface area contributed by atoms with Gasteiger partial charge in [-0.25, -0.2) is 0 Å². The summed E-state index contributed by atoms with van der Waals surface area (Å²) in [6.45, 7) is 2.38. The van der Waals surface area contributed by atoms with Gasteiger partial charge in [-0.3, -0.25) is 0 Å². The summed E-state index contributed by atoms with van der Waals surface area (Å²) in [5.74, 6) is 0. The quantitative estimate of drug-likeness (QED) is 0.0908. The molecule has 0 bridgehead atoms. The molecule has 9 aromatic carbocycles. The second-order valence-electron chi connectivity index (χ2n) is 16.0. The molecule has 0 N–H and O–H groups in total. The first-order valence-electron chi connectivity index (χ1n) is 21.5. The number of nitrogens with zero attached hydrogens (tertiary/aromatic N) is 1. The Morgan fingerprint density at radius 2 is 0.516 bits per heavy atom. The van der Waals surface area contributed by atoms with E-state index in [-0.39, 0.29) is 0 Å². The minimum atomic E-state index is -3.04. The molecule has 0 radical (unpaired) electrons. The number of hydrogen-bond donors (Lipinski definition) is 0. The van der Waals surface area contributed by atoms with Gasteiger partial charge in [-0.2, -0.15) is 0 Å². The Kier molecular flexibility index (Phi) is 10.6. The molecule has 296 valence electrons. The standard InChI is InChI=1S/C59H47NSi2/c1-46-57(47-26-10-2-11-27-47)60(49-42-44-56(45-43-49)61(50-30-14-4-15-31-50,51-32-16-5-17-33-51)52-34-18-6-19-35-52)58(48-28-12-3-13-29-48)59(46)62(53-36-20-7-21-37-53,54-38-22-8-23-39-54)55-40-24-9-25-41-55/h2-45H,1H3. The van der Waals surface area contributed by atoms with Crippen molar-refractivity contribution in [2.24, 2.45) is 0 Å². The zero-order valence-electron chi connectivity index (χ0n) is 34.9. The van der Waals surface area contributed by atoms with Crippen LogP contribution in [-0.4, -0.2) is 20.7 Å². The summed E-state index contributed by atoms with van der Waals surface area (Å²) < 4.78 is 2.59. The first-order chi connectivity index (χ1) is 30.7. The number of rotatable bonds is 11. The Morgan fingerprint density at radius 3 is 0.839 bits per heavy atom. The summed E-state index contributed by atoms with van der Waals surface area (Å²) in [5.41, 5.74) is 7.26. The van der Waals surface area contributed by atoms with Crippen LogP contribution in [0.15, 0.2) is 267 Å². The van der Waals surface area contributed by atoms with E-state index in [0.717, 1.165) is 5.69 Å². The molecule has 10 aromatic rings. The Labute approximate surface area is 367 Å². The Balaban J connectivity index is 1.33. The molecule has 3 heteroatoms. The van der Waals surface area contributed by atoms with Gasteiger partial charge in [-0.05, 0) is 77.2 Å². The number of hydrogen-bond acceptors (Lipinski definition) is 0. The summed E-state index contributed by atoms with van der Waals surface area (Å²) in [6.07, 6.45) is 0. The highest BCUT2D eigenvalue weighted by Gasteiger charge is 2.47. The van der Waals surface area contributed by atoms with Crippen molar-refractivity contribution in [2.45, 2.75) is 6.92 Å². The summed E-state index contributed by atoms with van der Waals surface area (Å²) in [6, 6.07) is 99.4. The van der Waals surface area contributed by atoms with Crippen molar-refractivity contribution < 1.29 is 0 Å². The summed E-state index contributed by atoms with van der Waals surface area (Å²) in [7, 11) is -5.78. The van der Waals surface area contributed by atoms with E-state index in [1.165, 1.54) is 69.6 Å². The highest BCUT2D eigenvalue weighted by atomic mass is 28.3. The van der Waals surface area contributed by atoms with Crippen LogP contribution in [0, 0.1) is 6.92 Å². The molecule has 0 aliphatic heterocycles. The second-order valence-corrected chi connectivity index (χ2v) is 23.5. The van der Waals surface area contributed by atoms with Gasteiger partial charge < -0.3 is 4.57 Å². The van der Waals surface area contributed by atoms with Crippen LogP contribution in [-0.2, 0) is 0 Å². The zero-order chi connectivity index (χ0) is 41.8. The zero-order valence-corrected chi connectivity index (χ0v) is 36.9. The first-order valence-corrected chi connectivity index (χ1v) is 25.5. The Hall–Kier alpha value is -7.31. The maximum atomic E-state index is 2.59. The van der Waals surface area contributed by atoms with Crippen LogP contribution < -0.4 is 41.5 Å². The molecule has 0 aliphatic carbocycles. The predicted molar refractivity (Wildman–Crippen MR) is 269 cm³/mol. The average Bonchev–Trinajstić information content (AvgIpc) is 3.67. The lowest BCUT2D eigenvalue weighted by molar-refractivity contribution is 1.09. The van der Waals surface area contributed by atoms with E-state index < -0.39 is 16.1 Å². The third kappa shape index (κ3) is 6.54. The van der Waals surface area contributed by atoms with Crippen LogP contribution in [0.1, 0.15) is 5.56 Å². The van der Waals surface area contributed by atoms with Gasteiger partial charge in [0.05, 0.1) is 11.4 Å². The third-order valence-electron chi connectivity index (χ3n) is 12.7. The molecule has 0 saturated carbocycles. The van der Waals surface area contributed by atoms with Gasteiger partial charge in [0.15, 0.2) is 16.1 Å². The molecule has 10 rings (SSSR count). The minimum absolute atomic E-state index is 1.13. The number of benzene rings is 9. The minimum Gasteiger partial charge on any atom is -0.309 e. The predicted octanol–water partition coefficient (Wildman–Crippen LogP) is 8.87. The van der Waals surface area contributed by atoms with Crippen LogP contribution in [0.4, 0.5) is 0 Å². The summed E-state index contributed by atoms with van der Waals surface area (Å²) in [4.78, 5) is 0. The Morgan fingerprint density at radius 1 is 0.258 bits per heavy atom. The SMILES string of the molecule is Cc1c([Si](c2ccccc2)(c2ccccc2)c2ccccc2)c(-c2ccccc2)n(-c2ccc([Si](c3ccccc3)(c3ccccc3)c3ccccc3)cc2)c1-c1ccccc1. The monoisotopic (exact) mass is 825 g/mol. The molecule has 1 nitrogen and oxygen atoms in total. The number of aromatic nitrogens is 1. The van der Waals surface area contributed by atoms with E-state index in [9.17, 15) is 0 Å². The van der Waals surface area contributed by atoms with Crippen LogP contribution in [0.3, 0.4) is 0 Å². The molecule has 62 heavy (non-hydrogen) atoms. The normalized spacial score (nSPS) is 11.6. The second kappa shape index (κ2) is 17.0. The van der Waals surface area contributed by atoms with Crippen molar-refractivity contribution in [1.29, 1.82) is 0 Å². The third-order valence-corrected chi connectivity index (χ3v) is 22.4. The lowest BCUT2D eigenvalue weighted by Crippen LogP contribution is -2.75. The van der Waals surface area contributed by atoms with E-state index in [0.29, 0.717) is 0 Å². The highest BCUT2D eigenvalue weighted by molar-refractivity contribution is 7.21. The molecule has 0 fully saturated rings. The fourth-order valence-electron chi connectivity index (χ4n) is 10.1. The van der Waals surface area contributed by atoms with Gasteiger partial charge in [0.25, 0.3) is 0 Å². The van der Waals surface area contributed by atoms with Gasteiger partial charge >= 0.3 is 0 Å². The molecule has 1 aromatic heterocycles. The lowest BCUT2D eigenvalue weighted by Gasteiger charge is -2.35. The van der Waals surface area contributed by atoms with E-state index in [2.05, 4.69) is 278 Å². The molecule has 0 saturated heterocycles. The molecular weight excluding hydrogens is 779 g/mol. The topological polar surface area (TPSA) is 4.93 Å². The lowest BCUT2D eigenvalue weighted by atomic mass is 10.1. The van der Waals surface area contributed by atoms with Crippen LogP contribution in [0.2, 0.25) is 0 Å². The molecule has 0 amide bonds. The highest BCUT2D eigenvalue weighted by Crippen LogP contribution is 2.36. The molecule has 0 spiro atoms. The maximum Gasteiger partial charge on any atom is 0.182 e. The van der Waals surface area contributed by atoms with Crippen molar-refractivity contribution in [1.82, 2.24) is 4.57 Å². The van der Waals surface area contributed by atoms with E-state index >= 15 is 0 Å². The fraction of sp³-hybridized carbons (Fsp3) is 0.0169. The van der Waals surface area contributed by atoms with Gasteiger partial charge in [-0.15, -0.1) is 0 Å². The van der Waals surface area contributed by atoms with Crippen molar-refractivity contribution in [3.8, 4) is 28.2 Å². The molecule has 1 heterocycles. The Bertz CT molecular complexity index is 2820.